The molecule has 1 amide bonds. The Kier molecular flexibility index (Phi) is 22.2. The summed E-state index contributed by atoms with van der Waals surface area (Å²) in [5, 5.41) is 5.39. The largest absolute Gasteiger partial charge is 4.00 e. The van der Waals surface area contributed by atoms with Crippen LogP contribution in [0, 0.1) is 5.92 Å². The van der Waals surface area contributed by atoms with Crippen LogP contribution < -0.4 is 24.8 Å². The fraction of sp³-hybridized carbons (Fsp3) is 0.391. The van der Waals surface area contributed by atoms with Crippen LogP contribution in [0.5, 0.6) is 0 Å². The number of unbranched alkanes of at least 4 members (excludes halogenated alkanes) is 1. The third kappa shape index (κ3) is 11.4. The summed E-state index contributed by atoms with van der Waals surface area (Å²) in [4.78, 5) is 10.5. The van der Waals surface area contributed by atoms with E-state index in [0.717, 1.165) is 35.2 Å². The summed E-state index contributed by atoms with van der Waals surface area (Å²) in [6.07, 6.45) is 3.91. The molecule has 6 heteroatoms. The number of amides is 1. The Balaban J connectivity index is -0.000000387. The zero-order valence-electron chi connectivity index (χ0n) is 17.8. The summed E-state index contributed by atoms with van der Waals surface area (Å²) >= 11 is 0. The number of halogens is 2. The number of carbonyl (C=O) groups is 1. The minimum absolute atomic E-state index is 0. The monoisotopic (exact) mass is 525 g/mol. The molecule has 3 aromatic rings. The van der Waals surface area contributed by atoms with Gasteiger partial charge in [-0.1, -0.05) is 76.2 Å². The van der Waals surface area contributed by atoms with Crippen LogP contribution in [0.3, 0.4) is 0 Å². The Labute approximate surface area is 210 Å². The average Bonchev–Trinajstić information content (AvgIpc) is 3.02. The molecule has 0 fully saturated rings. The summed E-state index contributed by atoms with van der Waals surface area (Å²) in [5.74, 6) is -0.393. The van der Waals surface area contributed by atoms with Crippen LogP contribution in [-0.4, -0.2) is 15.4 Å². The number of rotatable bonds is 5. The maximum atomic E-state index is 10.5. The van der Waals surface area contributed by atoms with Crippen molar-refractivity contribution in [1.82, 2.24) is 0 Å². The van der Waals surface area contributed by atoms with Gasteiger partial charge in [-0.15, -0.1) is 39.7 Å². The molecule has 2 nitrogen and oxygen atoms in total. The summed E-state index contributed by atoms with van der Waals surface area (Å²) in [6, 6.07) is 19.3. The Bertz CT molecular complexity index is 744. The summed E-state index contributed by atoms with van der Waals surface area (Å²) < 4.78 is 0. The first kappa shape index (κ1) is 33.1. The standard InChI is InChI=1S/C13H9.C8H17NO.C2H6Si.2ClH.Zr/c1-3-7-12-10(5-1)9-11-6-2-4-8-13(11)12;1-3-5-6-7(4-2)8(9)10;1-3-2;;;/h1-9H;7H,3-6H2,1-2H3,(H2,9,10);1-2H3;2*1H;/q-1;;;;;+4/p-3. The summed E-state index contributed by atoms with van der Waals surface area (Å²) in [5.41, 5.74) is 6.87. The van der Waals surface area contributed by atoms with Gasteiger partial charge < -0.3 is 35.3 Å². The normalized spacial score (nSPS) is 10.1. The number of nitrogens with one attached hydrogen (secondary N) is 1. The van der Waals surface area contributed by atoms with Gasteiger partial charge in [-0.25, -0.2) is 0 Å². The van der Waals surface area contributed by atoms with E-state index in [1.165, 1.54) is 21.5 Å². The van der Waals surface area contributed by atoms with Crippen molar-refractivity contribution < 1.29 is 55.8 Å². The predicted octanol–water partition coefficient (Wildman–Crippen LogP) is 1.29. The molecule has 1 N–H and O–H groups in total. The van der Waals surface area contributed by atoms with Crippen LogP contribution in [0.2, 0.25) is 13.1 Å². The molecule has 2 radical (unpaired) electrons. The van der Waals surface area contributed by atoms with Gasteiger partial charge in [0.15, 0.2) is 0 Å². The first-order valence-electron chi connectivity index (χ1n) is 9.46. The van der Waals surface area contributed by atoms with E-state index < -0.39 is 5.91 Å². The molecule has 1 atom stereocenters. The van der Waals surface area contributed by atoms with Crippen molar-refractivity contribution in [2.75, 3.05) is 0 Å². The Morgan fingerprint density at radius 2 is 1.38 bits per heavy atom. The van der Waals surface area contributed by atoms with Crippen molar-refractivity contribution in [3.05, 3.63) is 60.3 Å². The molecule has 0 aliphatic carbocycles. The molecule has 0 spiro atoms. The number of hydrogen-bond acceptors (Lipinski definition) is 1. The van der Waals surface area contributed by atoms with Gasteiger partial charge in [-0.3, -0.25) is 0 Å². The SMILES string of the molecule is CCCCC(CC)C([NH-])=O.C[Si]C.[Cl-].[Cl-].[Zr+4].c1ccc2c(c1)[cH-]c1ccccc12. The topological polar surface area (TPSA) is 40.9 Å². The molecule has 1 unspecified atom stereocenters. The second-order valence-electron chi connectivity index (χ2n) is 6.43. The van der Waals surface area contributed by atoms with Crippen molar-refractivity contribution in [1.29, 1.82) is 0 Å². The average molecular weight is 528 g/mol. The van der Waals surface area contributed by atoms with E-state index in [0.29, 0.717) is 0 Å². The van der Waals surface area contributed by atoms with Gasteiger partial charge in [0.05, 0.1) is 5.91 Å². The van der Waals surface area contributed by atoms with Crippen LogP contribution in [0.25, 0.3) is 27.3 Å². The smallest absolute Gasteiger partial charge is 1.00 e. The summed E-state index contributed by atoms with van der Waals surface area (Å²) in [7, 11) is 1.08. The van der Waals surface area contributed by atoms with E-state index in [2.05, 4.69) is 74.6 Å². The third-order valence-corrected chi connectivity index (χ3v) is 4.29. The van der Waals surface area contributed by atoms with Crippen molar-refractivity contribution >= 4 is 37.0 Å². The van der Waals surface area contributed by atoms with Gasteiger partial charge in [-0.05, 0) is 18.8 Å². The number of benzene rings is 2. The molecule has 0 bridgehead atoms. The van der Waals surface area contributed by atoms with E-state index >= 15 is 0 Å². The van der Waals surface area contributed by atoms with Crippen molar-refractivity contribution in [2.24, 2.45) is 5.92 Å². The van der Waals surface area contributed by atoms with Crippen LogP contribution in [-0.2, 0) is 31.0 Å². The van der Waals surface area contributed by atoms with Gasteiger partial charge in [0.25, 0.3) is 0 Å². The number of hydrogen-bond donors (Lipinski definition) is 0. The molecular weight excluding hydrogens is 496 g/mol. The Hall–Kier alpha value is -0.540. The van der Waals surface area contributed by atoms with Gasteiger partial charge in [-0.2, -0.15) is 0 Å². The second kappa shape index (κ2) is 19.4. The van der Waals surface area contributed by atoms with Crippen molar-refractivity contribution in [2.45, 2.75) is 52.6 Å². The first-order valence-corrected chi connectivity index (χ1v) is 11.5. The van der Waals surface area contributed by atoms with E-state index in [1.807, 2.05) is 6.92 Å². The van der Waals surface area contributed by atoms with Crippen LogP contribution >= 0.6 is 0 Å². The maximum absolute atomic E-state index is 10.5. The van der Waals surface area contributed by atoms with Gasteiger partial charge >= 0.3 is 26.2 Å². The first-order chi connectivity index (χ1) is 12.6. The van der Waals surface area contributed by atoms with Crippen molar-refractivity contribution in [3.63, 3.8) is 0 Å². The maximum Gasteiger partial charge on any atom is 4.00 e. The van der Waals surface area contributed by atoms with Crippen molar-refractivity contribution in [3.8, 4) is 0 Å². The minimum Gasteiger partial charge on any atom is -1.00 e. The second-order valence-corrected chi connectivity index (χ2v) is 7.43. The summed E-state index contributed by atoms with van der Waals surface area (Å²) in [6.45, 7) is 8.37. The quantitative estimate of drug-likeness (QED) is 0.364. The molecule has 3 aromatic carbocycles. The number of fused-ring (bicyclic) bond motifs is 3. The zero-order chi connectivity index (χ0) is 19.4. The van der Waals surface area contributed by atoms with E-state index in [4.69, 9.17) is 5.73 Å². The van der Waals surface area contributed by atoms with Gasteiger partial charge in [0, 0.05) is 9.52 Å². The molecule has 0 aromatic heterocycles. The number of carbonyl (C=O) groups excluding carboxylic acids is 1. The predicted molar refractivity (Wildman–Crippen MR) is 117 cm³/mol. The molecular formula is C23H31Cl2NOSiZr. The molecule has 156 valence electrons. The Morgan fingerprint density at radius 3 is 1.72 bits per heavy atom. The van der Waals surface area contributed by atoms with Gasteiger partial charge in [0.1, 0.15) is 0 Å². The Morgan fingerprint density at radius 1 is 0.966 bits per heavy atom. The van der Waals surface area contributed by atoms with Crippen LogP contribution in [0.15, 0.2) is 54.6 Å². The van der Waals surface area contributed by atoms with E-state index in [-0.39, 0.29) is 56.9 Å². The molecule has 0 saturated carbocycles. The third-order valence-electron chi connectivity index (χ3n) is 4.29. The van der Waals surface area contributed by atoms with Crippen LogP contribution in [0.1, 0.15) is 39.5 Å². The fourth-order valence-electron chi connectivity index (χ4n) is 2.87. The molecule has 0 saturated heterocycles. The molecule has 0 aliphatic heterocycles. The van der Waals surface area contributed by atoms with E-state index in [9.17, 15) is 4.79 Å². The fourth-order valence-corrected chi connectivity index (χ4v) is 2.87. The van der Waals surface area contributed by atoms with Crippen LogP contribution in [0.4, 0.5) is 0 Å². The molecule has 29 heavy (non-hydrogen) atoms. The van der Waals surface area contributed by atoms with Gasteiger partial charge in [0.2, 0.25) is 0 Å². The zero-order valence-corrected chi connectivity index (χ0v) is 22.7. The molecule has 0 aliphatic rings. The van der Waals surface area contributed by atoms with E-state index in [1.54, 1.807) is 0 Å². The molecule has 3 rings (SSSR count). The molecule has 0 heterocycles. The minimum atomic E-state index is -0.393.